The van der Waals surface area contributed by atoms with Crippen molar-refractivity contribution in [3.63, 3.8) is 0 Å². The molecule has 1 atom stereocenters. The van der Waals surface area contributed by atoms with Crippen molar-refractivity contribution in [2.75, 3.05) is 13.7 Å². The van der Waals surface area contributed by atoms with Crippen molar-refractivity contribution in [3.8, 4) is 23.8 Å². The summed E-state index contributed by atoms with van der Waals surface area (Å²) in [6.45, 7) is 0.123. The normalized spacial score (nSPS) is 17.5. The fraction of sp³-hybridized carbons (Fsp3) is 0.412. The van der Waals surface area contributed by atoms with Crippen LogP contribution in [0.5, 0.6) is 11.5 Å². The van der Waals surface area contributed by atoms with Gasteiger partial charge in [-0.25, -0.2) is 0 Å². The molecular weight excluding hydrogens is 282 g/mol. The molecule has 1 aromatic rings. The van der Waals surface area contributed by atoms with Gasteiger partial charge < -0.3 is 14.8 Å². The Morgan fingerprint density at radius 2 is 2.23 bits per heavy atom. The van der Waals surface area contributed by atoms with Crippen LogP contribution < -0.4 is 14.8 Å². The molecule has 5 nitrogen and oxygen atoms in total. The highest BCUT2D eigenvalue weighted by Crippen LogP contribution is 2.28. The maximum atomic E-state index is 12.3. The first-order chi connectivity index (χ1) is 10.7. The maximum absolute atomic E-state index is 12.3. The van der Waals surface area contributed by atoms with E-state index in [1.54, 1.807) is 18.2 Å². The van der Waals surface area contributed by atoms with Crippen molar-refractivity contribution in [2.24, 2.45) is 0 Å². The largest absolute Gasteiger partial charge is 0.493 e. The molecule has 0 aromatic heterocycles. The number of carbonyl (C=O) groups is 2. The topological polar surface area (TPSA) is 64.6 Å². The summed E-state index contributed by atoms with van der Waals surface area (Å²) in [6, 6.07) is 4.45. The molecule has 22 heavy (non-hydrogen) atoms. The highest BCUT2D eigenvalue weighted by Gasteiger charge is 2.24. The lowest BCUT2D eigenvalue weighted by Gasteiger charge is -2.21. The van der Waals surface area contributed by atoms with Gasteiger partial charge in [0.2, 0.25) is 0 Å². The van der Waals surface area contributed by atoms with Gasteiger partial charge in [0.1, 0.15) is 6.61 Å². The molecule has 0 spiro atoms. The highest BCUT2D eigenvalue weighted by atomic mass is 16.5. The second-order valence-electron chi connectivity index (χ2n) is 5.10. The molecule has 1 fully saturated rings. The zero-order chi connectivity index (χ0) is 15.9. The number of methoxy groups -OCH3 is 1. The van der Waals surface area contributed by atoms with Gasteiger partial charge in [-0.3, -0.25) is 9.59 Å². The van der Waals surface area contributed by atoms with Gasteiger partial charge >= 0.3 is 0 Å². The second kappa shape index (κ2) is 7.51. The van der Waals surface area contributed by atoms with Crippen LogP contribution in [-0.4, -0.2) is 31.4 Å². The standard InChI is InChI=1S/C17H19NO4/c1-3-10-22-15-9-8-12(11-16(15)21-2)17(20)18-13-6-4-5-7-14(13)19/h1,8-9,11,13H,4-7,10H2,2H3,(H,18,20). The molecule has 1 N–H and O–H groups in total. The third-order valence-electron chi connectivity index (χ3n) is 3.60. The number of ketones is 1. The van der Waals surface area contributed by atoms with E-state index in [1.165, 1.54) is 7.11 Å². The van der Waals surface area contributed by atoms with Gasteiger partial charge in [-0.05, 0) is 31.0 Å². The van der Waals surface area contributed by atoms with Crippen molar-refractivity contribution >= 4 is 11.7 Å². The summed E-state index contributed by atoms with van der Waals surface area (Å²) in [6.07, 6.45) is 8.25. The van der Waals surface area contributed by atoms with E-state index in [1.807, 2.05) is 0 Å². The first-order valence-electron chi connectivity index (χ1n) is 7.23. The van der Waals surface area contributed by atoms with Crippen LogP contribution in [0.4, 0.5) is 0 Å². The van der Waals surface area contributed by atoms with E-state index in [2.05, 4.69) is 11.2 Å². The van der Waals surface area contributed by atoms with E-state index in [-0.39, 0.29) is 24.3 Å². The summed E-state index contributed by atoms with van der Waals surface area (Å²) in [5, 5.41) is 2.78. The third kappa shape index (κ3) is 3.79. The Bertz CT molecular complexity index is 603. The fourth-order valence-electron chi connectivity index (χ4n) is 2.42. The minimum atomic E-state index is -0.385. The van der Waals surface area contributed by atoms with E-state index < -0.39 is 0 Å². The molecule has 0 aliphatic heterocycles. The number of nitrogens with one attached hydrogen (secondary N) is 1. The minimum Gasteiger partial charge on any atom is -0.493 e. The lowest BCUT2D eigenvalue weighted by Crippen LogP contribution is -2.42. The average Bonchev–Trinajstić information content (AvgIpc) is 2.54. The van der Waals surface area contributed by atoms with Crippen molar-refractivity contribution in [2.45, 2.75) is 31.7 Å². The van der Waals surface area contributed by atoms with Crippen LogP contribution >= 0.6 is 0 Å². The molecule has 2 rings (SSSR count). The molecule has 0 radical (unpaired) electrons. The molecule has 0 heterocycles. The van der Waals surface area contributed by atoms with Crippen molar-refractivity contribution in [3.05, 3.63) is 23.8 Å². The van der Waals surface area contributed by atoms with E-state index in [0.717, 1.165) is 12.8 Å². The van der Waals surface area contributed by atoms with Crippen LogP contribution in [0.25, 0.3) is 0 Å². The number of Topliss-reactive ketones (excluding diaryl/α,β-unsaturated/α-hetero) is 1. The van der Waals surface area contributed by atoms with Crippen molar-refractivity contribution < 1.29 is 19.1 Å². The van der Waals surface area contributed by atoms with Crippen molar-refractivity contribution in [1.82, 2.24) is 5.32 Å². The molecule has 0 saturated heterocycles. The molecule has 0 bridgehead atoms. The molecule has 1 aliphatic rings. The molecule has 116 valence electrons. The Morgan fingerprint density at radius 1 is 1.41 bits per heavy atom. The first-order valence-corrected chi connectivity index (χ1v) is 7.23. The van der Waals surface area contributed by atoms with Crippen LogP contribution in [0.3, 0.4) is 0 Å². The second-order valence-corrected chi connectivity index (χ2v) is 5.10. The van der Waals surface area contributed by atoms with Crippen molar-refractivity contribution in [1.29, 1.82) is 0 Å². The number of carbonyl (C=O) groups excluding carboxylic acids is 2. The summed E-state index contributed by atoms with van der Waals surface area (Å²) >= 11 is 0. The van der Waals surface area contributed by atoms with Gasteiger partial charge in [-0.1, -0.05) is 12.3 Å². The summed E-state index contributed by atoms with van der Waals surface area (Å²) in [5.74, 6) is 3.08. The van der Waals surface area contributed by atoms with Crippen LogP contribution in [0, 0.1) is 12.3 Å². The maximum Gasteiger partial charge on any atom is 0.252 e. The number of terminal acetylenes is 1. The first kappa shape index (κ1) is 15.9. The monoisotopic (exact) mass is 301 g/mol. The molecule has 1 aromatic carbocycles. The SMILES string of the molecule is C#CCOc1ccc(C(=O)NC2CCCCC2=O)cc1OC. The quantitative estimate of drug-likeness (QED) is 0.844. The van der Waals surface area contributed by atoms with E-state index in [9.17, 15) is 9.59 Å². The smallest absolute Gasteiger partial charge is 0.252 e. The lowest BCUT2D eigenvalue weighted by molar-refractivity contribution is -0.122. The summed E-state index contributed by atoms with van der Waals surface area (Å²) in [7, 11) is 1.49. The summed E-state index contributed by atoms with van der Waals surface area (Å²) in [4.78, 5) is 24.0. The van der Waals surface area contributed by atoms with Gasteiger partial charge in [0.15, 0.2) is 17.3 Å². The fourth-order valence-corrected chi connectivity index (χ4v) is 2.42. The van der Waals surface area contributed by atoms with Crippen LogP contribution in [0.2, 0.25) is 0 Å². The number of hydrogen-bond acceptors (Lipinski definition) is 4. The zero-order valence-corrected chi connectivity index (χ0v) is 12.6. The third-order valence-corrected chi connectivity index (χ3v) is 3.60. The van der Waals surface area contributed by atoms with E-state index in [0.29, 0.717) is 29.9 Å². The Kier molecular flexibility index (Phi) is 5.42. The summed E-state index contributed by atoms with van der Waals surface area (Å²) < 4.78 is 10.5. The van der Waals surface area contributed by atoms with Gasteiger partial charge in [-0.15, -0.1) is 6.42 Å². The number of benzene rings is 1. The van der Waals surface area contributed by atoms with E-state index in [4.69, 9.17) is 15.9 Å². The molecule has 1 unspecified atom stereocenters. The summed E-state index contributed by atoms with van der Waals surface area (Å²) in [5.41, 5.74) is 0.420. The van der Waals surface area contributed by atoms with Gasteiger partial charge in [0, 0.05) is 12.0 Å². The molecule has 1 saturated carbocycles. The van der Waals surface area contributed by atoms with Gasteiger partial charge in [0.05, 0.1) is 13.2 Å². The average molecular weight is 301 g/mol. The number of ether oxygens (including phenoxy) is 2. The zero-order valence-electron chi connectivity index (χ0n) is 12.6. The Labute approximate surface area is 130 Å². The van der Waals surface area contributed by atoms with Gasteiger partial charge in [-0.2, -0.15) is 0 Å². The molecule has 1 amide bonds. The number of rotatable bonds is 5. The molecular formula is C17H19NO4. The van der Waals surface area contributed by atoms with Crippen LogP contribution in [0.15, 0.2) is 18.2 Å². The number of hydrogen-bond donors (Lipinski definition) is 1. The minimum absolute atomic E-state index is 0.0977. The van der Waals surface area contributed by atoms with E-state index >= 15 is 0 Å². The van der Waals surface area contributed by atoms with Gasteiger partial charge in [0.25, 0.3) is 5.91 Å². The highest BCUT2D eigenvalue weighted by molar-refractivity contribution is 5.98. The van der Waals surface area contributed by atoms with Crippen LogP contribution in [-0.2, 0) is 4.79 Å². The lowest BCUT2D eigenvalue weighted by atomic mass is 9.94. The molecule has 5 heteroatoms. The Hall–Kier alpha value is -2.48. The Balaban J connectivity index is 2.09. The number of amides is 1. The van der Waals surface area contributed by atoms with Crippen LogP contribution in [0.1, 0.15) is 36.0 Å². The predicted molar refractivity (Wildman–Crippen MR) is 82.1 cm³/mol. The predicted octanol–water partition coefficient (Wildman–Crippen LogP) is 1.95. The Morgan fingerprint density at radius 3 is 2.91 bits per heavy atom. The molecule has 1 aliphatic carbocycles.